The minimum absolute atomic E-state index is 0.293. The summed E-state index contributed by atoms with van der Waals surface area (Å²) in [6.07, 6.45) is 12.0. The number of hydrogen-bond donors (Lipinski definition) is 1. The van der Waals surface area contributed by atoms with Crippen molar-refractivity contribution >= 4 is 0 Å². The predicted octanol–water partition coefficient (Wildman–Crippen LogP) is 6.78. The Morgan fingerprint density at radius 2 is 0.727 bits per heavy atom. The average Bonchev–Trinajstić information content (AvgIpc) is 2.45. The Hall–Kier alpha value is -0.250. The molecule has 0 aliphatic heterocycles. The van der Waals surface area contributed by atoms with E-state index in [-0.39, 0.29) is 0 Å². The summed E-state index contributed by atoms with van der Waals surface area (Å²) in [5, 5.41) is 8.66. The largest absolute Gasteiger partial charge is 0.396 e. The van der Waals surface area contributed by atoms with Crippen LogP contribution in [0.2, 0.25) is 0 Å². The molecule has 0 radical (unpaired) electrons. The zero-order valence-corrected chi connectivity index (χ0v) is 14.1. The Balaban J connectivity index is 3.00. The Morgan fingerprint density at radius 1 is 0.455 bits per heavy atom. The van der Waals surface area contributed by atoms with Gasteiger partial charge in [0.2, 0.25) is 0 Å². The van der Waals surface area contributed by atoms with Gasteiger partial charge in [0.25, 0.3) is 0 Å². The highest BCUT2D eigenvalue weighted by atomic mass is 19.4. The van der Waals surface area contributed by atoms with Gasteiger partial charge in [-0.1, -0.05) is 83.5 Å². The zero-order chi connectivity index (χ0) is 16.5. The maximum Gasteiger partial charge on any atom is 0.389 e. The molecule has 0 bridgehead atoms. The van der Waals surface area contributed by atoms with E-state index in [0.717, 1.165) is 32.1 Å². The van der Waals surface area contributed by atoms with E-state index < -0.39 is 12.6 Å². The Labute approximate surface area is 134 Å². The summed E-state index contributed by atoms with van der Waals surface area (Å²) in [7, 11) is 0. The van der Waals surface area contributed by atoms with Crippen molar-refractivity contribution in [1.82, 2.24) is 0 Å². The topological polar surface area (TPSA) is 20.2 Å². The van der Waals surface area contributed by atoms with Crippen LogP contribution in [-0.2, 0) is 0 Å². The fraction of sp³-hybridized carbons (Fsp3) is 1.00. The van der Waals surface area contributed by atoms with Gasteiger partial charge in [0.05, 0.1) is 0 Å². The van der Waals surface area contributed by atoms with Crippen LogP contribution in [0.3, 0.4) is 0 Å². The number of hydrogen-bond acceptors (Lipinski definition) is 1. The minimum atomic E-state index is -3.97. The third-order valence-corrected chi connectivity index (χ3v) is 4.12. The van der Waals surface area contributed by atoms with Gasteiger partial charge in [0, 0.05) is 13.0 Å². The number of rotatable bonds is 16. The number of unbranched alkanes of at least 4 members (excludes halogenated alkanes) is 14. The number of aliphatic hydroxyl groups excluding tert-OH is 1. The Kier molecular flexibility index (Phi) is 15.5. The molecular formula is C18H35F3O. The van der Waals surface area contributed by atoms with Crippen molar-refractivity contribution in [3.8, 4) is 0 Å². The SMILES string of the molecule is OCCCCCCCCCCCCCCCCCC(F)(F)F. The lowest BCUT2D eigenvalue weighted by molar-refractivity contribution is -0.135. The molecule has 0 aromatic rings. The monoisotopic (exact) mass is 324 g/mol. The number of aliphatic hydroxyl groups is 1. The molecule has 0 unspecified atom stereocenters. The van der Waals surface area contributed by atoms with E-state index in [1.165, 1.54) is 57.8 Å². The van der Waals surface area contributed by atoms with Crippen molar-refractivity contribution in [1.29, 1.82) is 0 Å². The van der Waals surface area contributed by atoms with Crippen LogP contribution in [0, 0.1) is 0 Å². The van der Waals surface area contributed by atoms with Gasteiger partial charge in [-0.05, 0) is 12.8 Å². The van der Waals surface area contributed by atoms with Crippen LogP contribution in [0.4, 0.5) is 13.2 Å². The van der Waals surface area contributed by atoms with E-state index in [2.05, 4.69) is 0 Å². The fourth-order valence-corrected chi connectivity index (χ4v) is 2.74. The van der Waals surface area contributed by atoms with E-state index in [4.69, 9.17) is 5.11 Å². The maximum atomic E-state index is 11.9. The van der Waals surface area contributed by atoms with Gasteiger partial charge in [0.1, 0.15) is 0 Å². The molecule has 0 aromatic carbocycles. The molecule has 0 amide bonds. The third kappa shape index (κ3) is 19.8. The molecule has 0 rings (SSSR count). The zero-order valence-electron chi connectivity index (χ0n) is 14.1. The Bertz CT molecular complexity index is 217. The van der Waals surface area contributed by atoms with Crippen LogP contribution in [0.15, 0.2) is 0 Å². The summed E-state index contributed by atoms with van der Waals surface area (Å²) in [4.78, 5) is 0. The summed E-state index contributed by atoms with van der Waals surface area (Å²) in [6.45, 7) is 0.322. The molecule has 1 N–H and O–H groups in total. The van der Waals surface area contributed by atoms with Gasteiger partial charge in [0.15, 0.2) is 0 Å². The van der Waals surface area contributed by atoms with Crippen molar-refractivity contribution in [2.24, 2.45) is 0 Å². The van der Waals surface area contributed by atoms with Gasteiger partial charge in [-0.2, -0.15) is 13.2 Å². The standard InChI is InChI=1S/C18H35F3O/c19-18(20,21)16-14-12-10-8-6-4-2-1-3-5-7-9-11-13-15-17-22/h22H,1-17H2. The second-order valence-electron chi connectivity index (χ2n) is 6.39. The molecule has 4 heteroatoms. The van der Waals surface area contributed by atoms with Gasteiger partial charge in [-0.3, -0.25) is 0 Å². The molecule has 0 saturated carbocycles. The number of alkyl halides is 3. The molecule has 0 aliphatic rings. The normalized spacial score (nSPS) is 12.0. The Morgan fingerprint density at radius 3 is 1.00 bits per heavy atom. The summed E-state index contributed by atoms with van der Waals surface area (Å²) >= 11 is 0. The molecule has 0 saturated heterocycles. The number of halogens is 3. The van der Waals surface area contributed by atoms with Crippen molar-refractivity contribution in [2.75, 3.05) is 6.61 Å². The van der Waals surface area contributed by atoms with Crippen LogP contribution < -0.4 is 0 Å². The van der Waals surface area contributed by atoms with Crippen molar-refractivity contribution in [3.63, 3.8) is 0 Å². The van der Waals surface area contributed by atoms with E-state index >= 15 is 0 Å². The summed E-state index contributed by atoms with van der Waals surface area (Å²) in [6, 6.07) is 0. The maximum absolute atomic E-state index is 11.9. The van der Waals surface area contributed by atoms with Crippen LogP contribution >= 0.6 is 0 Å². The smallest absolute Gasteiger partial charge is 0.389 e. The highest BCUT2D eigenvalue weighted by Gasteiger charge is 2.25. The summed E-state index contributed by atoms with van der Waals surface area (Å²) < 4.78 is 35.8. The third-order valence-electron chi connectivity index (χ3n) is 4.12. The van der Waals surface area contributed by atoms with E-state index in [1.807, 2.05) is 0 Å². The van der Waals surface area contributed by atoms with Crippen molar-refractivity contribution in [3.05, 3.63) is 0 Å². The molecule has 0 heterocycles. The molecule has 0 aliphatic carbocycles. The first-order valence-electron chi connectivity index (χ1n) is 9.24. The van der Waals surface area contributed by atoms with Crippen LogP contribution in [-0.4, -0.2) is 17.9 Å². The molecule has 134 valence electrons. The highest BCUT2D eigenvalue weighted by Crippen LogP contribution is 2.23. The second-order valence-corrected chi connectivity index (χ2v) is 6.39. The summed E-state index contributed by atoms with van der Waals surface area (Å²) in [5.41, 5.74) is 0. The van der Waals surface area contributed by atoms with Crippen molar-refractivity contribution in [2.45, 2.75) is 109 Å². The minimum Gasteiger partial charge on any atom is -0.396 e. The quantitative estimate of drug-likeness (QED) is 0.310. The predicted molar refractivity (Wildman–Crippen MR) is 87.0 cm³/mol. The molecule has 22 heavy (non-hydrogen) atoms. The summed E-state index contributed by atoms with van der Waals surface area (Å²) in [5.74, 6) is 0. The lowest BCUT2D eigenvalue weighted by Gasteiger charge is -2.05. The lowest BCUT2D eigenvalue weighted by atomic mass is 10.0. The lowest BCUT2D eigenvalue weighted by Crippen LogP contribution is -2.06. The van der Waals surface area contributed by atoms with Crippen LogP contribution in [0.5, 0.6) is 0 Å². The first kappa shape index (κ1) is 21.8. The van der Waals surface area contributed by atoms with Gasteiger partial charge < -0.3 is 5.11 Å². The van der Waals surface area contributed by atoms with Gasteiger partial charge in [-0.15, -0.1) is 0 Å². The van der Waals surface area contributed by atoms with Gasteiger partial charge >= 0.3 is 6.18 Å². The van der Waals surface area contributed by atoms with Gasteiger partial charge in [-0.25, -0.2) is 0 Å². The second kappa shape index (κ2) is 15.6. The van der Waals surface area contributed by atoms with Crippen LogP contribution in [0.25, 0.3) is 0 Å². The first-order chi connectivity index (χ1) is 10.6. The van der Waals surface area contributed by atoms with E-state index in [9.17, 15) is 13.2 Å². The molecule has 0 atom stereocenters. The average molecular weight is 324 g/mol. The first-order valence-corrected chi connectivity index (χ1v) is 9.24. The molecule has 1 nitrogen and oxygen atoms in total. The van der Waals surface area contributed by atoms with Crippen molar-refractivity contribution < 1.29 is 18.3 Å². The molecule has 0 spiro atoms. The highest BCUT2D eigenvalue weighted by molar-refractivity contribution is 4.53. The molecular weight excluding hydrogens is 289 g/mol. The molecule has 0 aromatic heterocycles. The van der Waals surface area contributed by atoms with E-state index in [0.29, 0.717) is 13.0 Å². The fourth-order valence-electron chi connectivity index (χ4n) is 2.74. The molecule has 0 fully saturated rings. The van der Waals surface area contributed by atoms with Crippen LogP contribution in [0.1, 0.15) is 103 Å². The van der Waals surface area contributed by atoms with E-state index in [1.54, 1.807) is 0 Å².